The van der Waals surface area contributed by atoms with E-state index in [9.17, 15) is 8.78 Å². The van der Waals surface area contributed by atoms with Gasteiger partial charge in [0.05, 0.1) is 30.3 Å². The quantitative estimate of drug-likeness (QED) is 0.289. The topological polar surface area (TPSA) is 79.0 Å². The number of hydrogen-bond acceptors (Lipinski definition) is 6. The normalized spacial score (nSPS) is 13.5. The van der Waals surface area contributed by atoms with Gasteiger partial charge in [0.1, 0.15) is 17.5 Å². The molecule has 0 spiro atoms. The van der Waals surface area contributed by atoms with Crippen LogP contribution in [-0.2, 0) is 4.74 Å². The fourth-order valence-electron chi connectivity index (χ4n) is 4.38. The average Bonchev–Trinajstić information content (AvgIpc) is 3.40. The predicted molar refractivity (Wildman–Crippen MR) is 143 cm³/mol. The molecule has 0 unspecified atom stereocenters. The van der Waals surface area contributed by atoms with Crippen LogP contribution in [0.15, 0.2) is 85.1 Å². The van der Waals surface area contributed by atoms with Gasteiger partial charge in [0.15, 0.2) is 0 Å². The van der Waals surface area contributed by atoms with E-state index in [1.54, 1.807) is 36.5 Å². The largest absolute Gasteiger partial charge is 0.378 e. The Labute approximate surface area is 218 Å². The summed E-state index contributed by atoms with van der Waals surface area (Å²) in [5, 5.41) is 3.26. The van der Waals surface area contributed by atoms with Crippen LogP contribution in [-0.4, -0.2) is 46.2 Å². The maximum atomic E-state index is 13.6. The monoisotopic (exact) mass is 510 g/mol. The van der Waals surface area contributed by atoms with Gasteiger partial charge in [-0.3, -0.25) is 0 Å². The van der Waals surface area contributed by atoms with Crippen LogP contribution in [0, 0.1) is 11.6 Å². The van der Waals surface area contributed by atoms with Gasteiger partial charge in [0.2, 0.25) is 5.95 Å². The van der Waals surface area contributed by atoms with Crippen LogP contribution in [0.2, 0.25) is 0 Å². The maximum Gasteiger partial charge on any atom is 0.227 e. The molecular weight excluding hydrogens is 486 g/mol. The fraction of sp³-hybridized carbons (Fsp3) is 0.138. The van der Waals surface area contributed by atoms with Crippen LogP contribution in [0.3, 0.4) is 0 Å². The fourth-order valence-corrected chi connectivity index (χ4v) is 4.38. The van der Waals surface area contributed by atoms with Crippen molar-refractivity contribution >= 4 is 17.3 Å². The number of benzene rings is 3. The summed E-state index contributed by atoms with van der Waals surface area (Å²) in [6.45, 7) is 3.21. The zero-order chi connectivity index (χ0) is 25.9. The number of halogens is 2. The van der Waals surface area contributed by atoms with E-state index in [2.05, 4.69) is 32.3 Å². The lowest BCUT2D eigenvalue weighted by Gasteiger charge is -2.28. The van der Waals surface area contributed by atoms with E-state index in [0.29, 0.717) is 34.4 Å². The van der Waals surface area contributed by atoms with Crippen LogP contribution >= 0.6 is 0 Å². The van der Waals surface area contributed by atoms with Gasteiger partial charge in [-0.15, -0.1) is 0 Å². The molecule has 7 nitrogen and oxygen atoms in total. The van der Waals surface area contributed by atoms with Crippen molar-refractivity contribution in [3.05, 3.63) is 96.7 Å². The summed E-state index contributed by atoms with van der Waals surface area (Å²) in [4.78, 5) is 19.5. The van der Waals surface area contributed by atoms with Crippen molar-refractivity contribution in [3.63, 3.8) is 0 Å². The summed E-state index contributed by atoms with van der Waals surface area (Å²) in [6, 6.07) is 22.1. The second-order valence-corrected chi connectivity index (χ2v) is 8.86. The van der Waals surface area contributed by atoms with Crippen molar-refractivity contribution in [1.82, 2.24) is 19.9 Å². The number of anilines is 3. The SMILES string of the molecule is Fc1ccc(-c2nc(-c3ccc(F)cc3)c(-c3ccnc(Nc4ccc(N5CCOCC5)cc4)n3)[nH]2)cc1. The zero-order valence-electron chi connectivity index (χ0n) is 20.4. The minimum Gasteiger partial charge on any atom is -0.378 e. The summed E-state index contributed by atoms with van der Waals surface area (Å²) in [6.07, 6.45) is 1.67. The molecule has 9 heteroatoms. The molecule has 38 heavy (non-hydrogen) atoms. The molecule has 3 heterocycles. The summed E-state index contributed by atoms with van der Waals surface area (Å²) in [7, 11) is 0. The average molecular weight is 511 g/mol. The highest BCUT2D eigenvalue weighted by Gasteiger charge is 2.18. The number of nitrogens with one attached hydrogen (secondary N) is 2. The van der Waals surface area contributed by atoms with Gasteiger partial charge in [-0.2, -0.15) is 0 Å². The Hall–Kier alpha value is -4.63. The molecule has 190 valence electrons. The van der Waals surface area contributed by atoms with E-state index < -0.39 is 0 Å². The Bertz CT molecular complexity index is 1530. The lowest BCUT2D eigenvalue weighted by Crippen LogP contribution is -2.36. The van der Waals surface area contributed by atoms with Crippen LogP contribution in [0.1, 0.15) is 0 Å². The van der Waals surface area contributed by atoms with Crippen LogP contribution in [0.25, 0.3) is 34.0 Å². The number of morpholine rings is 1. The second-order valence-electron chi connectivity index (χ2n) is 8.86. The van der Waals surface area contributed by atoms with E-state index in [1.165, 1.54) is 24.3 Å². The number of H-pyrrole nitrogens is 1. The van der Waals surface area contributed by atoms with Gasteiger partial charge in [-0.1, -0.05) is 0 Å². The maximum absolute atomic E-state index is 13.6. The summed E-state index contributed by atoms with van der Waals surface area (Å²) in [5.41, 5.74) is 5.28. The number of rotatable bonds is 6. The van der Waals surface area contributed by atoms with Crippen LogP contribution in [0.4, 0.5) is 26.1 Å². The van der Waals surface area contributed by atoms with Crippen molar-refractivity contribution in [2.45, 2.75) is 0 Å². The van der Waals surface area contributed by atoms with Crippen molar-refractivity contribution in [1.29, 1.82) is 0 Å². The Kier molecular flexibility index (Phi) is 6.49. The molecule has 1 aliphatic heterocycles. The van der Waals surface area contributed by atoms with Gasteiger partial charge in [-0.05, 0) is 78.9 Å². The molecule has 1 aliphatic rings. The number of aromatic nitrogens is 4. The Balaban J connectivity index is 1.31. The molecule has 3 aromatic carbocycles. The first-order chi connectivity index (χ1) is 18.6. The summed E-state index contributed by atoms with van der Waals surface area (Å²) >= 11 is 0. The third kappa shape index (κ3) is 5.09. The smallest absolute Gasteiger partial charge is 0.227 e. The molecule has 0 bridgehead atoms. The molecular formula is C29H24F2N6O. The molecule has 0 saturated carbocycles. The minimum atomic E-state index is -0.335. The summed E-state index contributed by atoms with van der Waals surface area (Å²) in [5.74, 6) is 0.303. The Morgan fingerprint density at radius 2 is 1.42 bits per heavy atom. The lowest BCUT2D eigenvalue weighted by atomic mass is 10.1. The van der Waals surface area contributed by atoms with E-state index >= 15 is 0 Å². The number of hydrogen-bond donors (Lipinski definition) is 2. The molecule has 1 saturated heterocycles. The van der Waals surface area contributed by atoms with E-state index in [0.717, 1.165) is 43.2 Å². The number of aromatic amines is 1. The van der Waals surface area contributed by atoms with Gasteiger partial charge in [-0.25, -0.2) is 23.7 Å². The first-order valence-electron chi connectivity index (χ1n) is 12.3. The molecule has 1 fully saturated rings. The highest BCUT2D eigenvalue weighted by molar-refractivity contribution is 5.80. The van der Waals surface area contributed by atoms with Crippen LogP contribution in [0.5, 0.6) is 0 Å². The third-order valence-corrected chi connectivity index (χ3v) is 6.35. The van der Waals surface area contributed by atoms with Gasteiger partial charge in [0.25, 0.3) is 0 Å². The molecule has 0 radical (unpaired) electrons. The number of ether oxygens (including phenoxy) is 1. The molecule has 0 atom stereocenters. The number of nitrogens with zero attached hydrogens (tertiary/aromatic N) is 4. The first-order valence-corrected chi connectivity index (χ1v) is 12.3. The molecule has 6 rings (SSSR count). The Morgan fingerprint density at radius 3 is 2.11 bits per heavy atom. The van der Waals surface area contributed by atoms with Gasteiger partial charge < -0.3 is 19.9 Å². The van der Waals surface area contributed by atoms with Crippen molar-refractivity contribution < 1.29 is 13.5 Å². The van der Waals surface area contributed by atoms with E-state index in [4.69, 9.17) is 14.7 Å². The van der Waals surface area contributed by atoms with Gasteiger partial charge >= 0.3 is 0 Å². The van der Waals surface area contributed by atoms with Crippen LogP contribution < -0.4 is 10.2 Å². The van der Waals surface area contributed by atoms with Gasteiger partial charge in [0, 0.05) is 41.8 Å². The summed E-state index contributed by atoms with van der Waals surface area (Å²) < 4.78 is 32.6. The molecule has 0 aliphatic carbocycles. The van der Waals surface area contributed by atoms with Crippen molar-refractivity contribution in [2.24, 2.45) is 0 Å². The second kappa shape index (κ2) is 10.4. The molecule has 2 aromatic heterocycles. The van der Waals surface area contributed by atoms with E-state index in [1.807, 2.05) is 12.1 Å². The predicted octanol–water partition coefficient (Wildman–Crippen LogP) is 6.06. The molecule has 2 N–H and O–H groups in total. The zero-order valence-corrected chi connectivity index (χ0v) is 20.4. The van der Waals surface area contributed by atoms with Crippen molar-refractivity contribution in [3.8, 4) is 34.0 Å². The first kappa shape index (κ1) is 23.7. The highest BCUT2D eigenvalue weighted by Crippen LogP contribution is 2.33. The Morgan fingerprint density at radius 1 is 0.763 bits per heavy atom. The highest BCUT2D eigenvalue weighted by atomic mass is 19.1. The van der Waals surface area contributed by atoms with E-state index in [-0.39, 0.29) is 11.6 Å². The lowest BCUT2D eigenvalue weighted by molar-refractivity contribution is 0.122. The van der Waals surface area contributed by atoms with Crippen molar-refractivity contribution in [2.75, 3.05) is 36.5 Å². The third-order valence-electron chi connectivity index (χ3n) is 6.35. The molecule has 0 amide bonds. The number of imidazole rings is 1. The standard InChI is InChI=1S/C29H24F2N6O/c30-21-5-1-19(2-6-21)26-27(36-28(35-26)20-3-7-22(31)8-4-20)25-13-14-32-29(34-25)33-23-9-11-24(12-10-23)37-15-17-38-18-16-37/h1-14H,15-18H2,(H,35,36)(H,32,33,34). The molecule has 5 aromatic rings. The minimum absolute atomic E-state index is 0.330.